The van der Waals surface area contributed by atoms with Crippen LogP contribution in [0.15, 0.2) is 250 Å². The first-order valence-corrected chi connectivity index (χ1v) is 21.6. The zero-order chi connectivity index (χ0) is 40.0. The maximum Gasteiger partial charge on any atom is 0.0630 e. The molecule has 0 fully saturated rings. The fourth-order valence-corrected chi connectivity index (χ4v) is 6.72. The Labute approximate surface area is 352 Å². The highest BCUT2D eigenvalue weighted by Gasteiger charge is 2.01. The molecular formula is C54H46N2S2. The van der Waals surface area contributed by atoms with E-state index in [9.17, 15) is 0 Å². The number of nitrogens with zero attached hydrogens (tertiary/aromatic N) is 2. The Kier molecular flexibility index (Phi) is 16.3. The van der Waals surface area contributed by atoms with E-state index in [4.69, 9.17) is 9.98 Å². The molecule has 0 saturated carbocycles. The van der Waals surface area contributed by atoms with Crippen LogP contribution in [-0.4, -0.2) is 24.9 Å². The summed E-state index contributed by atoms with van der Waals surface area (Å²) in [5, 5.41) is 0. The van der Waals surface area contributed by atoms with Gasteiger partial charge in [0.25, 0.3) is 0 Å². The molecule has 6 rings (SSSR count). The highest BCUT2D eigenvalue weighted by molar-refractivity contribution is 7.98. The van der Waals surface area contributed by atoms with Crippen LogP contribution in [0.3, 0.4) is 0 Å². The highest BCUT2D eigenvalue weighted by Crippen LogP contribution is 2.24. The second-order valence-corrected chi connectivity index (χ2v) is 14.7. The van der Waals surface area contributed by atoms with E-state index < -0.39 is 0 Å². The van der Waals surface area contributed by atoms with Gasteiger partial charge in [0.1, 0.15) is 0 Å². The van der Waals surface area contributed by atoms with Crippen LogP contribution in [0.2, 0.25) is 0 Å². The monoisotopic (exact) mass is 786 g/mol. The van der Waals surface area contributed by atoms with E-state index in [1.54, 1.807) is 23.5 Å². The molecular weight excluding hydrogens is 741 g/mol. The second kappa shape index (κ2) is 22.9. The van der Waals surface area contributed by atoms with Gasteiger partial charge in [0.2, 0.25) is 0 Å². The maximum absolute atomic E-state index is 4.80. The lowest BCUT2D eigenvalue weighted by atomic mass is 10.0. The molecule has 0 saturated heterocycles. The minimum Gasteiger partial charge on any atom is -0.256 e. The molecule has 0 spiro atoms. The van der Waals surface area contributed by atoms with Crippen molar-refractivity contribution in [3.8, 4) is 0 Å². The van der Waals surface area contributed by atoms with Crippen molar-refractivity contribution in [1.29, 1.82) is 0 Å². The number of benzene rings is 6. The molecule has 6 aromatic rings. The van der Waals surface area contributed by atoms with E-state index in [1.807, 2.05) is 36.7 Å². The molecule has 0 unspecified atom stereocenters. The third kappa shape index (κ3) is 13.1. The zero-order valence-corrected chi connectivity index (χ0v) is 34.4. The van der Waals surface area contributed by atoms with Crippen LogP contribution in [0.4, 0.5) is 11.4 Å². The molecule has 0 amide bonds. The third-order valence-electron chi connectivity index (χ3n) is 9.04. The molecule has 0 radical (unpaired) electrons. The Morgan fingerprint density at radius 1 is 0.345 bits per heavy atom. The van der Waals surface area contributed by atoms with Gasteiger partial charge in [-0.05, 0) is 106 Å². The van der Waals surface area contributed by atoms with Gasteiger partial charge in [-0.15, -0.1) is 23.5 Å². The van der Waals surface area contributed by atoms with Crippen molar-refractivity contribution in [2.75, 3.05) is 12.5 Å². The SMILES string of the molecule is CSc1ccc(N=C/C(=C/C=C/C(=C/C=C/C=C(/C=C/C=C(/C=Nc2ccc(SC)cc2)c2ccccc2)c2ccccc2)c2ccccc2)c2ccccc2)cc1. The number of rotatable bonds is 16. The average Bonchev–Trinajstić information content (AvgIpc) is 3.30. The Bertz CT molecular complexity index is 2280. The van der Waals surface area contributed by atoms with E-state index in [-0.39, 0.29) is 0 Å². The van der Waals surface area contributed by atoms with Crippen molar-refractivity contribution in [1.82, 2.24) is 0 Å². The van der Waals surface area contributed by atoms with E-state index in [1.165, 1.54) is 9.79 Å². The van der Waals surface area contributed by atoms with Crippen LogP contribution in [0.25, 0.3) is 22.3 Å². The van der Waals surface area contributed by atoms with Crippen molar-refractivity contribution in [3.05, 3.63) is 253 Å². The molecule has 0 aliphatic heterocycles. The summed E-state index contributed by atoms with van der Waals surface area (Å²) in [5.41, 5.74) is 10.5. The Balaban J connectivity index is 1.28. The van der Waals surface area contributed by atoms with Crippen molar-refractivity contribution in [3.63, 3.8) is 0 Å². The molecule has 58 heavy (non-hydrogen) atoms. The van der Waals surface area contributed by atoms with Gasteiger partial charge in [-0.3, -0.25) is 9.98 Å². The molecule has 0 aliphatic carbocycles. The lowest BCUT2D eigenvalue weighted by Crippen LogP contribution is -1.85. The summed E-state index contributed by atoms with van der Waals surface area (Å²) in [6, 6.07) is 58.3. The summed E-state index contributed by atoms with van der Waals surface area (Å²) in [4.78, 5) is 12.1. The van der Waals surface area contributed by atoms with E-state index >= 15 is 0 Å². The van der Waals surface area contributed by atoms with Crippen LogP contribution in [0, 0.1) is 0 Å². The standard InChI is InChI=1S/C54H46N2S2/c1-57-53-37-33-51(34-38-53)55-41-49(47-23-11-5-12-24-47)31-17-29-45(43-19-7-3-8-20-43)27-15-16-28-46(44-21-9-4-10-22-44)30-18-32-50(48-25-13-6-14-26-48)42-56-52-35-39-54(58-2)40-36-52/h3-42H,1-2H3/b16-15+,29-17+,30-18+,45-27-,46-28-,49-31-,50-32-,55-41?,56-42?. The molecule has 0 atom stereocenters. The molecule has 0 aromatic heterocycles. The van der Waals surface area contributed by atoms with Crippen LogP contribution in [0.5, 0.6) is 0 Å². The third-order valence-corrected chi connectivity index (χ3v) is 10.5. The summed E-state index contributed by atoms with van der Waals surface area (Å²) < 4.78 is 0. The highest BCUT2D eigenvalue weighted by atomic mass is 32.2. The molecule has 4 heteroatoms. The van der Waals surface area contributed by atoms with Gasteiger partial charge in [0.05, 0.1) is 11.4 Å². The first-order chi connectivity index (χ1) is 28.7. The number of hydrogen-bond donors (Lipinski definition) is 0. The smallest absolute Gasteiger partial charge is 0.0630 e. The van der Waals surface area contributed by atoms with Gasteiger partial charge in [-0.2, -0.15) is 0 Å². The van der Waals surface area contributed by atoms with Crippen LogP contribution < -0.4 is 0 Å². The molecule has 0 N–H and O–H groups in total. The fraction of sp³-hybridized carbons (Fsp3) is 0.0370. The number of thioether (sulfide) groups is 2. The van der Waals surface area contributed by atoms with Gasteiger partial charge in [-0.25, -0.2) is 0 Å². The minimum absolute atomic E-state index is 0.922. The summed E-state index contributed by atoms with van der Waals surface area (Å²) in [6.07, 6.45) is 29.3. The van der Waals surface area contributed by atoms with Gasteiger partial charge in [0, 0.05) is 22.2 Å². The van der Waals surface area contributed by atoms with Gasteiger partial charge in [0.15, 0.2) is 0 Å². The molecule has 2 nitrogen and oxygen atoms in total. The van der Waals surface area contributed by atoms with E-state index in [2.05, 4.69) is 219 Å². The molecule has 0 aliphatic rings. The largest absolute Gasteiger partial charge is 0.256 e. The number of allylic oxidation sites excluding steroid dienone is 14. The predicted octanol–water partition coefficient (Wildman–Crippen LogP) is 15.2. The summed E-state index contributed by atoms with van der Waals surface area (Å²) in [6.45, 7) is 0. The lowest BCUT2D eigenvalue weighted by Gasteiger charge is -2.04. The quantitative estimate of drug-likeness (QED) is 0.0554. The van der Waals surface area contributed by atoms with Crippen molar-refractivity contribution in [2.45, 2.75) is 9.79 Å². The lowest BCUT2D eigenvalue weighted by molar-refractivity contribution is 1.43. The number of hydrogen-bond acceptors (Lipinski definition) is 4. The maximum atomic E-state index is 4.80. The molecule has 284 valence electrons. The van der Waals surface area contributed by atoms with Crippen molar-refractivity contribution < 1.29 is 0 Å². The van der Waals surface area contributed by atoms with Crippen LogP contribution >= 0.6 is 23.5 Å². The van der Waals surface area contributed by atoms with E-state index in [0.717, 1.165) is 55.9 Å². The first-order valence-electron chi connectivity index (χ1n) is 19.1. The first kappa shape index (κ1) is 41.2. The molecule has 0 bridgehead atoms. The minimum atomic E-state index is 0.922. The second-order valence-electron chi connectivity index (χ2n) is 13.0. The van der Waals surface area contributed by atoms with Gasteiger partial charge in [-0.1, -0.05) is 182 Å². The van der Waals surface area contributed by atoms with Gasteiger partial charge >= 0.3 is 0 Å². The predicted molar refractivity (Wildman–Crippen MR) is 258 cm³/mol. The van der Waals surface area contributed by atoms with Crippen LogP contribution in [0.1, 0.15) is 22.3 Å². The average molecular weight is 787 g/mol. The summed E-state index contributed by atoms with van der Waals surface area (Å²) >= 11 is 3.45. The van der Waals surface area contributed by atoms with Crippen molar-refractivity contribution in [2.24, 2.45) is 9.98 Å². The fourth-order valence-electron chi connectivity index (χ4n) is 5.90. The Morgan fingerprint density at radius 3 is 0.948 bits per heavy atom. The normalized spacial score (nSPS) is 13.2. The molecule has 6 aromatic carbocycles. The van der Waals surface area contributed by atoms with Crippen LogP contribution in [-0.2, 0) is 0 Å². The van der Waals surface area contributed by atoms with Crippen molar-refractivity contribution >= 4 is 69.6 Å². The van der Waals surface area contributed by atoms with Gasteiger partial charge < -0.3 is 0 Å². The number of aliphatic imine (C=N–C) groups is 2. The summed E-state index contributed by atoms with van der Waals surface area (Å²) in [5.74, 6) is 0. The molecule has 0 heterocycles. The summed E-state index contributed by atoms with van der Waals surface area (Å²) in [7, 11) is 0. The zero-order valence-electron chi connectivity index (χ0n) is 32.8. The topological polar surface area (TPSA) is 24.7 Å². The van der Waals surface area contributed by atoms with E-state index in [0.29, 0.717) is 0 Å². The Morgan fingerprint density at radius 2 is 0.638 bits per heavy atom. The Hall–Kier alpha value is -6.46.